The molecule has 0 N–H and O–H groups in total. The largest absolute Gasteiger partial charge is 0.497 e. The van der Waals surface area contributed by atoms with Gasteiger partial charge in [-0.05, 0) is 31.2 Å². The Bertz CT molecular complexity index is 1020. The summed E-state index contributed by atoms with van der Waals surface area (Å²) in [6.07, 6.45) is 1.32. The van der Waals surface area contributed by atoms with Gasteiger partial charge in [-0.2, -0.15) is 13.7 Å². The Hall–Kier alpha value is -1.95. The Morgan fingerprint density at radius 3 is 1.89 bits per heavy atom. The molecule has 1 aliphatic rings. The third-order valence-electron chi connectivity index (χ3n) is 4.70. The van der Waals surface area contributed by atoms with Gasteiger partial charge in [0.1, 0.15) is 10.6 Å². The van der Waals surface area contributed by atoms with E-state index in [2.05, 4.69) is 5.10 Å². The first-order chi connectivity index (χ1) is 12.7. The van der Waals surface area contributed by atoms with Crippen molar-refractivity contribution in [2.75, 3.05) is 33.3 Å². The van der Waals surface area contributed by atoms with Crippen LogP contribution in [0.4, 0.5) is 0 Å². The number of nitrogens with zero attached hydrogens (tertiary/aromatic N) is 4. The van der Waals surface area contributed by atoms with Crippen LogP contribution in [0, 0.1) is 6.92 Å². The maximum atomic E-state index is 12.8. The average Bonchev–Trinajstić information content (AvgIpc) is 3.01. The molecule has 148 valence electrons. The standard InChI is InChI=1S/C16H22N4O5S2/c1-13-16(12-17-18(13)2)27(23,24)20-10-8-19(9-11-20)26(21,22)15-6-4-14(25-3)5-7-15/h4-7,12H,8-11H2,1-3H3. The fourth-order valence-electron chi connectivity index (χ4n) is 2.92. The molecule has 1 fully saturated rings. The topological polar surface area (TPSA) is 102 Å². The molecule has 1 aromatic carbocycles. The number of aromatic nitrogens is 2. The summed E-state index contributed by atoms with van der Waals surface area (Å²) in [6, 6.07) is 6.13. The second kappa shape index (κ2) is 7.23. The molecule has 1 saturated heterocycles. The van der Waals surface area contributed by atoms with Crippen LogP contribution < -0.4 is 4.74 Å². The molecule has 0 atom stereocenters. The number of piperazine rings is 1. The van der Waals surface area contributed by atoms with Gasteiger partial charge in [-0.3, -0.25) is 4.68 Å². The van der Waals surface area contributed by atoms with Crippen LogP contribution in [0.25, 0.3) is 0 Å². The fraction of sp³-hybridized carbons (Fsp3) is 0.438. The Labute approximate surface area is 159 Å². The third kappa shape index (κ3) is 3.59. The summed E-state index contributed by atoms with van der Waals surface area (Å²) >= 11 is 0. The van der Waals surface area contributed by atoms with E-state index >= 15 is 0 Å². The van der Waals surface area contributed by atoms with Gasteiger partial charge in [0.05, 0.1) is 23.9 Å². The van der Waals surface area contributed by atoms with Gasteiger partial charge < -0.3 is 4.74 Å². The van der Waals surface area contributed by atoms with Crippen LogP contribution in [0.3, 0.4) is 0 Å². The van der Waals surface area contributed by atoms with Gasteiger partial charge in [0, 0.05) is 33.2 Å². The first-order valence-electron chi connectivity index (χ1n) is 8.31. The highest BCUT2D eigenvalue weighted by Gasteiger charge is 2.35. The van der Waals surface area contributed by atoms with Crippen molar-refractivity contribution in [3.8, 4) is 5.75 Å². The van der Waals surface area contributed by atoms with E-state index in [4.69, 9.17) is 4.74 Å². The van der Waals surface area contributed by atoms with E-state index in [1.807, 2.05) is 0 Å². The van der Waals surface area contributed by atoms with Crippen molar-refractivity contribution in [3.63, 3.8) is 0 Å². The van der Waals surface area contributed by atoms with Crippen LogP contribution in [-0.2, 0) is 27.1 Å². The minimum Gasteiger partial charge on any atom is -0.497 e. The lowest BCUT2D eigenvalue weighted by Gasteiger charge is -2.33. The molecule has 1 aliphatic heterocycles. The lowest BCUT2D eigenvalue weighted by atomic mass is 10.3. The molecule has 0 unspecified atom stereocenters. The van der Waals surface area contributed by atoms with Gasteiger partial charge in [0.2, 0.25) is 20.0 Å². The van der Waals surface area contributed by atoms with Crippen molar-refractivity contribution >= 4 is 20.0 Å². The van der Waals surface area contributed by atoms with E-state index in [0.717, 1.165) is 0 Å². The van der Waals surface area contributed by atoms with Crippen molar-refractivity contribution in [1.29, 1.82) is 0 Å². The molecule has 0 amide bonds. The van der Waals surface area contributed by atoms with E-state index in [1.54, 1.807) is 26.1 Å². The molecule has 11 heteroatoms. The first-order valence-corrected chi connectivity index (χ1v) is 11.2. The molecule has 0 aliphatic carbocycles. The summed E-state index contributed by atoms with van der Waals surface area (Å²) in [5.41, 5.74) is 0.545. The Morgan fingerprint density at radius 2 is 1.44 bits per heavy atom. The van der Waals surface area contributed by atoms with Crippen molar-refractivity contribution in [2.24, 2.45) is 7.05 Å². The lowest BCUT2D eigenvalue weighted by Crippen LogP contribution is -2.50. The monoisotopic (exact) mass is 414 g/mol. The number of aryl methyl sites for hydroxylation is 1. The molecule has 9 nitrogen and oxygen atoms in total. The predicted molar refractivity (Wildman–Crippen MR) is 98.5 cm³/mol. The van der Waals surface area contributed by atoms with Crippen LogP contribution in [0.1, 0.15) is 5.69 Å². The quantitative estimate of drug-likeness (QED) is 0.703. The summed E-state index contributed by atoms with van der Waals surface area (Å²) in [5, 5.41) is 3.98. The molecule has 27 heavy (non-hydrogen) atoms. The van der Waals surface area contributed by atoms with Gasteiger partial charge in [-0.1, -0.05) is 0 Å². The second-order valence-corrected chi connectivity index (χ2v) is 10.0. The smallest absolute Gasteiger partial charge is 0.246 e. The number of hydrogen-bond donors (Lipinski definition) is 0. The van der Waals surface area contributed by atoms with Gasteiger partial charge >= 0.3 is 0 Å². The number of methoxy groups -OCH3 is 1. The Morgan fingerprint density at radius 1 is 0.926 bits per heavy atom. The molecule has 0 radical (unpaired) electrons. The number of ether oxygens (including phenoxy) is 1. The van der Waals surface area contributed by atoms with Gasteiger partial charge in [0.15, 0.2) is 0 Å². The van der Waals surface area contributed by atoms with E-state index in [9.17, 15) is 16.8 Å². The van der Waals surface area contributed by atoms with E-state index in [0.29, 0.717) is 11.4 Å². The first kappa shape index (κ1) is 19.8. The zero-order valence-electron chi connectivity index (χ0n) is 15.4. The molecule has 0 spiro atoms. The van der Waals surface area contributed by atoms with Crippen LogP contribution in [0.5, 0.6) is 5.75 Å². The molecule has 0 bridgehead atoms. The Balaban J connectivity index is 1.75. The molecular formula is C16H22N4O5S2. The molecule has 3 rings (SSSR count). The maximum absolute atomic E-state index is 12.8. The van der Waals surface area contributed by atoms with Crippen molar-refractivity contribution in [1.82, 2.24) is 18.4 Å². The molecule has 2 aromatic rings. The normalized spacial score (nSPS) is 17.1. The highest BCUT2D eigenvalue weighted by atomic mass is 32.2. The van der Waals surface area contributed by atoms with E-state index in [-0.39, 0.29) is 36.0 Å². The fourth-order valence-corrected chi connectivity index (χ4v) is 5.95. The summed E-state index contributed by atoms with van der Waals surface area (Å²) in [4.78, 5) is 0.305. The minimum atomic E-state index is -3.70. The highest BCUT2D eigenvalue weighted by molar-refractivity contribution is 7.89. The molecular weight excluding hydrogens is 392 g/mol. The van der Waals surface area contributed by atoms with Gasteiger partial charge in [-0.25, -0.2) is 16.8 Å². The predicted octanol–water partition coefficient (Wildman–Crippen LogP) is 0.432. The van der Waals surface area contributed by atoms with Gasteiger partial charge in [0.25, 0.3) is 0 Å². The highest BCUT2D eigenvalue weighted by Crippen LogP contribution is 2.24. The van der Waals surface area contributed by atoms with E-state index < -0.39 is 20.0 Å². The van der Waals surface area contributed by atoms with Crippen LogP contribution in [0.2, 0.25) is 0 Å². The second-order valence-electron chi connectivity index (χ2n) is 6.20. The van der Waals surface area contributed by atoms with Crippen LogP contribution in [-0.4, -0.2) is 68.5 Å². The number of benzene rings is 1. The lowest BCUT2D eigenvalue weighted by molar-refractivity contribution is 0.272. The number of rotatable bonds is 5. The summed E-state index contributed by atoms with van der Waals surface area (Å²) in [5.74, 6) is 0.566. The minimum absolute atomic E-state index is 0.0893. The van der Waals surface area contributed by atoms with Crippen molar-refractivity contribution < 1.29 is 21.6 Å². The summed E-state index contributed by atoms with van der Waals surface area (Å²) in [6.45, 7) is 2.04. The molecule has 1 aromatic heterocycles. The van der Waals surface area contributed by atoms with Gasteiger partial charge in [-0.15, -0.1) is 0 Å². The zero-order chi connectivity index (χ0) is 19.8. The third-order valence-corrected chi connectivity index (χ3v) is 8.62. The van der Waals surface area contributed by atoms with Crippen LogP contribution >= 0.6 is 0 Å². The summed E-state index contributed by atoms with van der Waals surface area (Å²) in [7, 11) is -4.21. The van der Waals surface area contributed by atoms with Crippen molar-refractivity contribution in [2.45, 2.75) is 16.7 Å². The van der Waals surface area contributed by atoms with Crippen molar-refractivity contribution in [3.05, 3.63) is 36.2 Å². The van der Waals surface area contributed by atoms with E-state index in [1.165, 1.54) is 38.7 Å². The maximum Gasteiger partial charge on any atom is 0.246 e. The SMILES string of the molecule is COc1ccc(S(=O)(=O)N2CCN(S(=O)(=O)c3cnn(C)c3C)CC2)cc1. The number of hydrogen-bond acceptors (Lipinski definition) is 6. The zero-order valence-corrected chi connectivity index (χ0v) is 17.0. The Kier molecular flexibility index (Phi) is 5.30. The molecule has 2 heterocycles. The number of sulfonamides is 2. The molecule has 0 saturated carbocycles. The van der Waals surface area contributed by atoms with Crippen LogP contribution in [0.15, 0.2) is 40.3 Å². The summed E-state index contributed by atoms with van der Waals surface area (Å²) < 4.78 is 60.3. The average molecular weight is 415 g/mol.